The maximum atomic E-state index is 13.7. The van der Waals surface area contributed by atoms with Gasteiger partial charge in [0.2, 0.25) is 0 Å². The van der Waals surface area contributed by atoms with E-state index >= 15 is 0 Å². The fraction of sp³-hybridized carbons (Fsp3) is 0.538. The van der Waals surface area contributed by atoms with Crippen LogP contribution in [0.3, 0.4) is 0 Å². The number of benzene rings is 1. The first-order valence-electron chi connectivity index (χ1n) is 6.10. The molecule has 100 valence electrons. The molecular weight excluding hydrogens is 240 g/mol. The van der Waals surface area contributed by atoms with Gasteiger partial charge in [0, 0.05) is 17.7 Å². The zero-order valence-electron chi connectivity index (χ0n) is 10.3. The Bertz CT molecular complexity index is 431. The first-order chi connectivity index (χ1) is 8.63. The van der Waals surface area contributed by atoms with Crippen molar-refractivity contribution in [2.24, 2.45) is 0 Å². The fourth-order valence-corrected chi connectivity index (χ4v) is 2.33. The number of ether oxygens (including phenoxy) is 1. The third-order valence-corrected chi connectivity index (χ3v) is 3.33. The normalized spacial score (nSPS) is 19.8. The van der Waals surface area contributed by atoms with Crippen LogP contribution < -0.4 is 10.1 Å². The molecule has 1 aromatic rings. The topological polar surface area (TPSA) is 41.5 Å². The number of halogens is 2. The van der Waals surface area contributed by atoms with Gasteiger partial charge in [0.05, 0.1) is 7.11 Å². The lowest BCUT2D eigenvalue weighted by molar-refractivity contribution is 0.348. The largest absolute Gasteiger partial charge is 0.504 e. The molecule has 0 bridgehead atoms. The van der Waals surface area contributed by atoms with E-state index in [0.29, 0.717) is 0 Å². The van der Waals surface area contributed by atoms with Gasteiger partial charge in [-0.1, -0.05) is 6.42 Å². The van der Waals surface area contributed by atoms with Crippen LogP contribution in [0.25, 0.3) is 0 Å². The summed E-state index contributed by atoms with van der Waals surface area (Å²) in [5.41, 5.74) is -0.00810. The van der Waals surface area contributed by atoms with Crippen LogP contribution in [0.15, 0.2) is 6.07 Å². The average Bonchev–Trinajstić information content (AvgIpc) is 2.40. The van der Waals surface area contributed by atoms with E-state index in [-0.39, 0.29) is 29.5 Å². The monoisotopic (exact) mass is 257 g/mol. The predicted octanol–water partition coefficient (Wildman–Crippen LogP) is 2.36. The Morgan fingerprint density at radius 2 is 2.22 bits per heavy atom. The van der Waals surface area contributed by atoms with Crippen molar-refractivity contribution in [2.45, 2.75) is 31.7 Å². The molecule has 1 aliphatic heterocycles. The molecule has 1 fully saturated rings. The third kappa shape index (κ3) is 2.56. The molecule has 1 aliphatic rings. The van der Waals surface area contributed by atoms with Gasteiger partial charge < -0.3 is 15.2 Å². The summed E-state index contributed by atoms with van der Waals surface area (Å²) >= 11 is 0. The van der Waals surface area contributed by atoms with Gasteiger partial charge in [0.15, 0.2) is 23.1 Å². The maximum Gasteiger partial charge on any atom is 0.166 e. The van der Waals surface area contributed by atoms with Crippen LogP contribution in [0.2, 0.25) is 0 Å². The first-order valence-corrected chi connectivity index (χ1v) is 6.10. The predicted molar refractivity (Wildman–Crippen MR) is 63.9 cm³/mol. The smallest absolute Gasteiger partial charge is 0.166 e. The highest BCUT2D eigenvalue weighted by molar-refractivity contribution is 5.47. The summed E-state index contributed by atoms with van der Waals surface area (Å²) in [4.78, 5) is 0. The molecule has 0 radical (unpaired) electrons. The fourth-order valence-electron chi connectivity index (χ4n) is 2.33. The molecule has 0 aliphatic carbocycles. The van der Waals surface area contributed by atoms with Crippen molar-refractivity contribution in [3.05, 3.63) is 23.3 Å². The molecule has 1 heterocycles. The Hall–Kier alpha value is -1.36. The lowest BCUT2D eigenvalue weighted by atomic mass is 9.96. The summed E-state index contributed by atoms with van der Waals surface area (Å²) in [6, 6.07) is 0.938. The standard InChI is InChI=1S/C13H17F2NO2/c1-18-11-7-10(14)12(15)9(13(11)17)6-8-4-2-3-5-16-8/h7-8,16-17H,2-6H2,1H3. The Morgan fingerprint density at radius 3 is 2.83 bits per heavy atom. The molecule has 0 saturated carbocycles. The number of hydrogen-bond donors (Lipinski definition) is 2. The second kappa shape index (κ2) is 5.52. The zero-order valence-corrected chi connectivity index (χ0v) is 10.3. The van der Waals surface area contributed by atoms with Crippen LogP contribution >= 0.6 is 0 Å². The van der Waals surface area contributed by atoms with Gasteiger partial charge in [-0.15, -0.1) is 0 Å². The maximum absolute atomic E-state index is 13.7. The number of aromatic hydroxyl groups is 1. The lowest BCUT2D eigenvalue weighted by Gasteiger charge is -2.24. The van der Waals surface area contributed by atoms with Crippen molar-refractivity contribution in [3.63, 3.8) is 0 Å². The number of piperidine rings is 1. The van der Waals surface area contributed by atoms with Crippen molar-refractivity contribution >= 4 is 0 Å². The number of nitrogens with one attached hydrogen (secondary N) is 1. The number of phenols is 1. The van der Waals surface area contributed by atoms with Crippen LogP contribution in [0.5, 0.6) is 11.5 Å². The minimum atomic E-state index is -0.990. The molecule has 2 N–H and O–H groups in total. The van der Waals surface area contributed by atoms with Crippen molar-refractivity contribution in [1.29, 1.82) is 0 Å². The number of hydrogen-bond acceptors (Lipinski definition) is 3. The molecule has 1 saturated heterocycles. The third-order valence-electron chi connectivity index (χ3n) is 3.33. The molecule has 3 nitrogen and oxygen atoms in total. The van der Waals surface area contributed by atoms with Crippen LogP contribution in [-0.2, 0) is 6.42 Å². The van der Waals surface area contributed by atoms with Gasteiger partial charge in [0.25, 0.3) is 0 Å². The molecular formula is C13H17F2NO2. The average molecular weight is 257 g/mol. The Labute approximate surface area is 105 Å². The minimum Gasteiger partial charge on any atom is -0.504 e. The molecule has 0 amide bonds. The second-order valence-corrected chi connectivity index (χ2v) is 4.55. The summed E-state index contributed by atoms with van der Waals surface area (Å²) in [7, 11) is 1.31. The SMILES string of the molecule is COc1cc(F)c(F)c(CC2CCCCN2)c1O. The van der Waals surface area contributed by atoms with Crippen LogP contribution in [0.4, 0.5) is 8.78 Å². The van der Waals surface area contributed by atoms with Gasteiger partial charge in [-0.3, -0.25) is 0 Å². The summed E-state index contributed by atoms with van der Waals surface area (Å²) in [5, 5.41) is 13.1. The first kappa shape index (κ1) is 13.1. The molecule has 5 heteroatoms. The van der Waals surface area contributed by atoms with Crippen LogP contribution in [-0.4, -0.2) is 24.8 Å². The summed E-state index contributed by atoms with van der Waals surface area (Å²) in [6.07, 6.45) is 3.33. The minimum absolute atomic E-state index is 0.00810. The van der Waals surface area contributed by atoms with Crippen molar-refractivity contribution in [2.75, 3.05) is 13.7 Å². The highest BCUT2D eigenvalue weighted by Gasteiger charge is 2.22. The lowest BCUT2D eigenvalue weighted by Crippen LogP contribution is -2.35. The quantitative estimate of drug-likeness (QED) is 0.873. The summed E-state index contributed by atoms with van der Waals surface area (Å²) in [5.74, 6) is -2.31. The van der Waals surface area contributed by atoms with Crippen LogP contribution in [0, 0.1) is 11.6 Å². The van der Waals surface area contributed by atoms with Crippen molar-refractivity contribution in [1.82, 2.24) is 5.32 Å². The molecule has 1 unspecified atom stereocenters. The Kier molecular flexibility index (Phi) is 4.01. The molecule has 1 atom stereocenters. The van der Waals surface area contributed by atoms with Gasteiger partial charge in [0.1, 0.15) is 0 Å². The summed E-state index contributed by atoms with van der Waals surface area (Å²) < 4.78 is 31.9. The van der Waals surface area contributed by atoms with Gasteiger partial charge >= 0.3 is 0 Å². The van der Waals surface area contributed by atoms with Gasteiger partial charge in [-0.2, -0.15) is 0 Å². The van der Waals surface area contributed by atoms with Gasteiger partial charge in [-0.05, 0) is 25.8 Å². The number of rotatable bonds is 3. The van der Waals surface area contributed by atoms with E-state index < -0.39 is 11.6 Å². The zero-order chi connectivity index (χ0) is 13.1. The Balaban J connectivity index is 2.27. The van der Waals surface area contributed by atoms with Crippen molar-refractivity contribution < 1.29 is 18.6 Å². The van der Waals surface area contributed by atoms with E-state index in [0.717, 1.165) is 31.9 Å². The summed E-state index contributed by atoms with van der Waals surface area (Å²) in [6.45, 7) is 0.875. The van der Waals surface area contributed by atoms with E-state index in [4.69, 9.17) is 4.74 Å². The van der Waals surface area contributed by atoms with Gasteiger partial charge in [-0.25, -0.2) is 8.78 Å². The number of methoxy groups -OCH3 is 1. The molecule has 1 aromatic carbocycles. The van der Waals surface area contributed by atoms with E-state index in [9.17, 15) is 13.9 Å². The highest BCUT2D eigenvalue weighted by atomic mass is 19.2. The number of phenolic OH excluding ortho intramolecular Hbond substituents is 1. The van der Waals surface area contributed by atoms with Crippen molar-refractivity contribution in [3.8, 4) is 11.5 Å². The second-order valence-electron chi connectivity index (χ2n) is 4.55. The van der Waals surface area contributed by atoms with E-state index in [1.165, 1.54) is 7.11 Å². The van der Waals surface area contributed by atoms with E-state index in [2.05, 4.69) is 5.32 Å². The Morgan fingerprint density at radius 1 is 1.44 bits per heavy atom. The highest BCUT2D eigenvalue weighted by Crippen LogP contribution is 2.34. The van der Waals surface area contributed by atoms with Crippen LogP contribution in [0.1, 0.15) is 24.8 Å². The molecule has 18 heavy (non-hydrogen) atoms. The van der Waals surface area contributed by atoms with E-state index in [1.807, 2.05) is 0 Å². The van der Waals surface area contributed by atoms with E-state index in [1.54, 1.807) is 0 Å². The molecule has 2 rings (SSSR count). The molecule has 0 aromatic heterocycles. The molecule has 0 spiro atoms.